The zero-order valence-electron chi connectivity index (χ0n) is 21.3. The predicted octanol–water partition coefficient (Wildman–Crippen LogP) is 4.48. The Kier molecular flexibility index (Phi) is 5.07. The number of ketones is 2. The normalized spacial score (nSPS) is 22.3. The molecule has 1 saturated heterocycles. The number of carbonyl (C=O) groups is 3. The molecule has 4 heterocycles. The number of Topliss-reactive ketones (excluding diaryl/α,β-unsaturated/α-hetero) is 2. The van der Waals surface area contributed by atoms with Crippen molar-refractivity contribution in [3.8, 4) is 0 Å². The molecule has 0 radical (unpaired) electrons. The maximum absolute atomic E-state index is 14.4. The third-order valence-electron chi connectivity index (χ3n) is 8.36. The van der Waals surface area contributed by atoms with Crippen molar-refractivity contribution in [3.05, 3.63) is 130 Å². The van der Waals surface area contributed by atoms with Crippen molar-refractivity contribution in [3.63, 3.8) is 0 Å². The molecular formula is C31H20ClN5O4. The second-order valence-corrected chi connectivity index (χ2v) is 10.9. The van der Waals surface area contributed by atoms with Crippen molar-refractivity contribution in [2.45, 2.75) is 30.2 Å². The van der Waals surface area contributed by atoms with E-state index in [2.05, 4.69) is 15.1 Å². The second-order valence-electron chi connectivity index (χ2n) is 10.4. The molecule has 1 aliphatic carbocycles. The zero-order chi connectivity index (χ0) is 27.9. The lowest BCUT2D eigenvalue weighted by molar-refractivity contribution is -0.0248. The van der Waals surface area contributed by atoms with E-state index in [4.69, 9.17) is 16.3 Å². The minimum absolute atomic E-state index is 0.224. The Hall–Kier alpha value is -4.73. The van der Waals surface area contributed by atoms with Crippen molar-refractivity contribution in [2.24, 2.45) is 0 Å². The molecule has 1 spiro atoms. The fraction of sp³-hybridized carbons (Fsp3) is 0.161. The van der Waals surface area contributed by atoms with Crippen LogP contribution in [0.4, 0.5) is 0 Å². The number of carbonyl (C=O) groups excluding carboxylic acids is 3. The fourth-order valence-corrected chi connectivity index (χ4v) is 6.90. The van der Waals surface area contributed by atoms with Crippen LogP contribution in [0, 0.1) is 0 Å². The van der Waals surface area contributed by atoms with E-state index in [1.165, 1.54) is 17.0 Å². The fourth-order valence-electron chi connectivity index (χ4n) is 6.71. The van der Waals surface area contributed by atoms with Crippen LogP contribution in [0.5, 0.6) is 0 Å². The maximum Gasteiger partial charge on any atom is 0.258 e. The van der Waals surface area contributed by atoms with E-state index in [9.17, 15) is 14.4 Å². The molecule has 8 rings (SSSR count). The summed E-state index contributed by atoms with van der Waals surface area (Å²) < 4.78 is 8.26. The van der Waals surface area contributed by atoms with Crippen molar-refractivity contribution in [2.75, 3.05) is 0 Å². The number of hydrogen-bond acceptors (Lipinski definition) is 7. The van der Waals surface area contributed by atoms with Gasteiger partial charge in [-0.15, -0.1) is 0 Å². The van der Waals surface area contributed by atoms with Gasteiger partial charge in [0.2, 0.25) is 17.2 Å². The molecule has 3 atom stereocenters. The minimum atomic E-state index is -1.92. The monoisotopic (exact) mass is 561 g/mol. The topological polar surface area (TPSA) is 107 Å². The summed E-state index contributed by atoms with van der Waals surface area (Å²) in [5, 5.41) is 4.78. The number of rotatable bonds is 3. The molecule has 1 amide bonds. The summed E-state index contributed by atoms with van der Waals surface area (Å²) in [6.07, 6.45) is 1.91. The highest BCUT2D eigenvalue weighted by atomic mass is 35.5. The van der Waals surface area contributed by atoms with Crippen molar-refractivity contribution >= 4 is 34.9 Å². The smallest absolute Gasteiger partial charge is 0.258 e. The molecule has 2 aromatic heterocycles. The summed E-state index contributed by atoms with van der Waals surface area (Å²) in [7, 11) is 0. The number of ether oxygens (including phenoxy) is 1. The molecule has 9 nitrogen and oxygen atoms in total. The molecular weight excluding hydrogens is 542 g/mol. The van der Waals surface area contributed by atoms with Crippen LogP contribution in [-0.4, -0.2) is 53.6 Å². The van der Waals surface area contributed by atoms with Gasteiger partial charge in [-0.05, 0) is 23.3 Å². The average Bonchev–Trinajstić information content (AvgIpc) is 3.67. The second kappa shape index (κ2) is 8.63. The van der Waals surface area contributed by atoms with Gasteiger partial charge in [-0.3, -0.25) is 14.4 Å². The van der Waals surface area contributed by atoms with Crippen LogP contribution < -0.4 is 0 Å². The number of halogens is 1. The van der Waals surface area contributed by atoms with Gasteiger partial charge in [0.1, 0.15) is 12.4 Å². The van der Waals surface area contributed by atoms with Crippen LogP contribution in [0.2, 0.25) is 5.02 Å². The largest absolute Gasteiger partial charge is 0.346 e. The molecule has 0 saturated carbocycles. The number of aromatic nitrogens is 4. The van der Waals surface area contributed by atoms with Gasteiger partial charge in [-0.2, -0.15) is 14.6 Å². The summed E-state index contributed by atoms with van der Waals surface area (Å²) in [4.78, 5) is 53.3. The Bertz CT molecular complexity index is 1890. The molecule has 0 unspecified atom stereocenters. The summed E-state index contributed by atoms with van der Waals surface area (Å²) in [5.41, 5.74) is 0.866. The van der Waals surface area contributed by atoms with Crippen molar-refractivity contribution in [1.29, 1.82) is 0 Å². The van der Waals surface area contributed by atoms with E-state index in [0.717, 1.165) is 5.56 Å². The quantitative estimate of drug-likeness (QED) is 0.299. The van der Waals surface area contributed by atoms with Gasteiger partial charge < -0.3 is 9.64 Å². The van der Waals surface area contributed by atoms with Crippen molar-refractivity contribution in [1.82, 2.24) is 24.5 Å². The van der Waals surface area contributed by atoms with Crippen LogP contribution in [0.3, 0.4) is 0 Å². The average molecular weight is 562 g/mol. The lowest BCUT2D eigenvalue weighted by Gasteiger charge is -2.40. The number of hydrogen-bond donors (Lipinski definition) is 0. The highest BCUT2D eigenvalue weighted by Crippen LogP contribution is 2.58. The Labute approximate surface area is 238 Å². The van der Waals surface area contributed by atoms with Gasteiger partial charge in [0.05, 0.1) is 23.2 Å². The van der Waals surface area contributed by atoms with Crippen LogP contribution in [0.15, 0.2) is 91.4 Å². The molecule has 2 aliphatic heterocycles. The summed E-state index contributed by atoms with van der Waals surface area (Å²) in [6.45, 7) is 0.224. The van der Waals surface area contributed by atoms with Gasteiger partial charge >= 0.3 is 0 Å². The SMILES string of the molecule is O=C1c2cnc3ncnn3c2[C@@H]2OC3(C(=O)c4ccccc4C3=O)[C@@H](c3cccc(Cl)c3)[C@H]2N1Cc1ccccc1. The van der Waals surface area contributed by atoms with E-state index in [0.29, 0.717) is 27.4 Å². The minimum Gasteiger partial charge on any atom is -0.346 e. The summed E-state index contributed by atoms with van der Waals surface area (Å²) >= 11 is 6.47. The number of fused-ring (bicyclic) bond motifs is 6. The Morgan fingerprint density at radius 3 is 2.32 bits per heavy atom. The number of amides is 1. The van der Waals surface area contributed by atoms with Crippen LogP contribution in [0.25, 0.3) is 5.78 Å². The molecule has 10 heteroatoms. The molecule has 0 bridgehead atoms. The van der Waals surface area contributed by atoms with Gasteiger partial charge in [0.25, 0.3) is 11.7 Å². The van der Waals surface area contributed by atoms with Crippen LogP contribution >= 0.6 is 11.6 Å². The standard InChI is InChI=1S/C31H20ClN5O4/c32-19-10-6-9-18(13-19)23-25-26(41-31(23)27(38)20-11-4-5-12-21(20)28(31)39)24-22(14-33-30-34-16-35-37(24)30)29(40)36(25)15-17-7-2-1-3-8-17/h1-14,16,23,25-26H,15H2/t23-,25+,26-/m0/s1. The molecule has 0 N–H and O–H groups in total. The van der Waals surface area contributed by atoms with Gasteiger partial charge in [0, 0.05) is 28.9 Å². The van der Waals surface area contributed by atoms with Gasteiger partial charge in [0.15, 0.2) is 0 Å². The van der Waals surface area contributed by atoms with E-state index in [-0.39, 0.29) is 23.8 Å². The van der Waals surface area contributed by atoms with E-state index < -0.39 is 35.2 Å². The van der Waals surface area contributed by atoms with Gasteiger partial charge in [-0.25, -0.2) is 4.98 Å². The molecule has 200 valence electrons. The lowest BCUT2D eigenvalue weighted by atomic mass is 9.73. The first-order valence-electron chi connectivity index (χ1n) is 13.1. The molecule has 3 aromatic carbocycles. The Morgan fingerprint density at radius 2 is 1.59 bits per heavy atom. The summed E-state index contributed by atoms with van der Waals surface area (Å²) in [6, 6.07) is 22.6. The van der Waals surface area contributed by atoms with Crippen molar-refractivity contribution < 1.29 is 19.1 Å². The van der Waals surface area contributed by atoms with Gasteiger partial charge in [-0.1, -0.05) is 78.3 Å². The first kappa shape index (κ1) is 24.1. The first-order chi connectivity index (χ1) is 20.0. The highest BCUT2D eigenvalue weighted by Gasteiger charge is 2.70. The third-order valence-corrected chi connectivity index (χ3v) is 8.60. The third kappa shape index (κ3) is 3.21. The molecule has 5 aromatic rings. The van der Waals surface area contributed by atoms with Crippen LogP contribution in [0.1, 0.15) is 59.9 Å². The van der Waals surface area contributed by atoms with Crippen LogP contribution in [-0.2, 0) is 11.3 Å². The highest BCUT2D eigenvalue weighted by molar-refractivity contribution is 6.33. The number of nitrogens with zero attached hydrogens (tertiary/aromatic N) is 5. The van der Waals surface area contributed by atoms with E-state index >= 15 is 0 Å². The maximum atomic E-state index is 14.4. The zero-order valence-corrected chi connectivity index (χ0v) is 22.1. The molecule has 41 heavy (non-hydrogen) atoms. The number of benzene rings is 3. The lowest BCUT2D eigenvalue weighted by Crippen LogP contribution is -2.52. The predicted molar refractivity (Wildman–Crippen MR) is 147 cm³/mol. The Balaban J connectivity index is 1.42. The van der Waals surface area contributed by atoms with E-state index in [1.54, 1.807) is 47.4 Å². The summed E-state index contributed by atoms with van der Waals surface area (Å²) in [5.74, 6) is -1.77. The molecule has 1 fully saturated rings. The molecule has 3 aliphatic rings. The van der Waals surface area contributed by atoms with E-state index in [1.807, 2.05) is 36.4 Å². The first-order valence-corrected chi connectivity index (χ1v) is 13.5. The Morgan fingerprint density at radius 1 is 0.854 bits per heavy atom.